The second-order valence-electron chi connectivity index (χ2n) is 5.31. The van der Waals surface area contributed by atoms with Gasteiger partial charge in [0.15, 0.2) is 5.75 Å². The zero-order chi connectivity index (χ0) is 13.2. The fourth-order valence-corrected chi connectivity index (χ4v) is 2.95. The topological polar surface area (TPSA) is 53.7 Å². The van der Waals surface area contributed by atoms with Gasteiger partial charge < -0.3 is 10.0 Å². The summed E-state index contributed by atoms with van der Waals surface area (Å²) < 4.78 is 1.90. The highest BCUT2D eigenvalue weighted by Crippen LogP contribution is 2.22. The third kappa shape index (κ3) is 2.42. The number of nitrogens with zero attached hydrogens (tertiary/aromatic N) is 4. The zero-order valence-electron chi connectivity index (χ0n) is 11.3. The van der Waals surface area contributed by atoms with E-state index >= 15 is 0 Å². The molecule has 1 saturated heterocycles. The van der Waals surface area contributed by atoms with E-state index in [0.29, 0.717) is 11.6 Å². The van der Waals surface area contributed by atoms with Crippen LogP contribution in [0.25, 0.3) is 5.65 Å². The Morgan fingerprint density at radius 2 is 2.32 bits per heavy atom. The quantitative estimate of drug-likeness (QED) is 0.913. The number of hydrogen-bond donors (Lipinski definition) is 1. The van der Waals surface area contributed by atoms with Crippen LogP contribution >= 0.6 is 0 Å². The van der Waals surface area contributed by atoms with Crippen molar-refractivity contribution in [3.8, 4) is 5.75 Å². The first-order valence-electron chi connectivity index (χ1n) is 7.02. The molecule has 1 unspecified atom stereocenters. The van der Waals surface area contributed by atoms with Gasteiger partial charge in [-0.15, -0.1) is 10.2 Å². The van der Waals surface area contributed by atoms with Crippen molar-refractivity contribution in [1.29, 1.82) is 0 Å². The molecular weight excluding hydrogens is 240 g/mol. The highest BCUT2D eigenvalue weighted by atomic mass is 16.3. The summed E-state index contributed by atoms with van der Waals surface area (Å²) in [5.74, 6) is 1.79. The number of fused-ring (bicyclic) bond motifs is 1. The van der Waals surface area contributed by atoms with Crippen molar-refractivity contribution in [1.82, 2.24) is 19.5 Å². The molecule has 3 heterocycles. The van der Waals surface area contributed by atoms with Crippen LogP contribution in [-0.2, 0) is 6.42 Å². The smallest absolute Gasteiger partial charge is 0.203 e. The Kier molecular flexibility index (Phi) is 3.38. The monoisotopic (exact) mass is 260 g/mol. The molecule has 1 atom stereocenters. The maximum absolute atomic E-state index is 9.74. The van der Waals surface area contributed by atoms with Crippen LogP contribution < -0.4 is 0 Å². The first-order valence-corrected chi connectivity index (χ1v) is 7.02. The van der Waals surface area contributed by atoms with Crippen molar-refractivity contribution in [2.45, 2.75) is 26.2 Å². The minimum Gasteiger partial charge on any atom is -0.504 e. The first-order chi connectivity index (χ1) is 9.28. The summed E-state index contributed by atoms with van der Waals surface area (Å²) in [6, 6.07) is 3.47. The minimum absolute atomic E-state index is 0.195. The molecular formula is C14H20N4O. The van der Waals surface area contributed by atoms with Crippen molar-refractivity contribution < 1.29 is 5.11 Å². The standard InChI is InChI=1S/C14H20N4O/c1-2-17-7-3-5-11(10-17)9-13-15-16-14-12(19)6-4-8-18(13)14/h4,6,8,11,19H,2-3,5,7,9-10H2,1H3. The summed E-state index contributed by atoms with van der Waals surface area (Å²) in [7, 11) is 0. The molecule has 2 aromatic heterocycles. The van der Waals surface area contributed by atoms with Crippen LogP contribution in [0.1, 0.15) is 25.6 Å². The van der Waals surface area contributed by atoms with E-state index < -0.39 is 0 Å². The van der Waals surface area contributed by atoms with Gasteiger partial charge in [-0.05, 0) is 44.0 Å². The Balaban J connectivity index is 1.80. The van der Waals surface area contributed by atoms with Gasteiger partial charge in [-0.2, -0.15) is 0 Å². The highest BCUT2D eigenvalue weighted by Gasteiger charge is 2.21. The molecule has 0 aliphatic carbocycles. The normalized spacial score (nSPS) is 21.0. The Morgan fingerprint density at radius 1 is 1.42 bits per heavy atom. The van der Waals surface area contributed by atoms with E-state index in [1.807, 2.05) is 16.7 Å². The lowest BCUT2D eigenvalue weighted by atomic mass is 9.94. The molecule has 1 N–H and O–H groups in total. The molecule has 1 aliphatic heterocycles. The van der Waals surface area contributed by atoms with Gasteiger partial charge >= 0.3 is 0 Å². The molecule has 0 radical (unpaired) electrons. The molecule has 0 bridgehead atoms. The van der Waals surface area contributed by atoms with Crippen LogP contribution in [0.15, 0.2) is 18.3 Å². The average Bonchev–Trinajstić information content (AvgIpc) is 2.84. The summed E-state index contributed by atoms with van der Waals surface area (Å²) in [4.78, 5) is 2.49. The zero-order valence-corrected chi connectivity index (χ0v) is 11.3. The lowest BCUT2D eigenvalue weighted by Gasteiger charge is -2.31. The van der Waals surface area contributed by atoms with Crippen molar-refractivity contribution in [2.24, 2.45) is 5.92 Å². The lowest BCUT2D eigenvalue weighted by Crippen LogP contribution is -2.36. The van der Waals surface area contributed by atoms with E-state index in [0.717, 1.165) is 25.3 Å². The van der Waals surface area contributed by atoms with Gasteiger partial charge in [0.05, 0.1) is 0 Å². The Labute approximate surface area is 112 Å². The van der Waals surface area contributed by atoms with Gasteiger partial charge in [0, 0.05) is 19.2 Å². The van der Waals surface area contributed by atoms with E-state index in [1.165, 1.54) is 19.4 Å². The summed E-state index contributed by atoms with van der Waals surface area (Å²) >= 11 is 0. The molecule has 5 nitrogen and oxygen atoms in total. The lowest BCUT2D eigenvalue weighted by molar-refractivity contribution is 0.180. The van der Waals surface area contributed by atoms with E-state index in [1.54, 1.807) is 6.07 Å². The molecule has 5 heteroatoms. The predicted octanol–water partition coefficient (Wildman–Crippen LogP) is 1.71. The van der Waals surface area contributed by atoms with Crippen LogP contribution in [-0.4, -0.2) is 44.2 Å². The summed E-state index contributed by atoms with van der Waals surface area (Å²) in [5.41, 5.74) is 0.556. The van der Waals surface area contributed by atoms with Gasteiger partial charge in [-0.1, -0.05) is 6.92 Å². The van der Waals surface area contributed by atoms with Gasteiger partial charge in [-0.25, -0.2) is 0 Å². The molecule has 1 fully saturated rings. The second-order valence-corrected chi connectivity index (χ2v) is 5.31. The largest absolute Gasteiger partial charge is 0.504 e. The fraction of sp³-hybridized carbons (Fsp3) is 0.571. The van der Waals surface area contributed by atoms with Crippen LogP contribution in [0.2, 0.25) is 0 Å². The number of aromatic hydroxyl groups is 1. The molecule has 0 spiro atoms. The minimum atomic E-state index is 0.195. The maximum Gasteiger partial charge on any atom is 0.203 e. The molecule has 0 saturated carbocycles. The Hall–Kier alpha value is -1.62. The number of piperidine rings is 1. The van der Waals surface area contributed by atoms with Crippen LogP contribution in [0, 0.1) is 5.92 Å². The molecule has 102 valence electrons. The Morgan fingerprint density at radius 3 is 3.16 bits per heavy atom. The fourth-order valence-electron chi connectivity index (χ4n) is 2.95. The first kappa shape index (κ1) is 12.4. The molecule has 3 rings (SSSR count). The number of aromatic nitrogens is 3. The number of rotatable bonds is 3. The third-order valence-electron chi connectivity index (χ3n) is 4.01. The molecule has 2 aromatic rings. The van der Waals surface area contributed by atoms with Gasteiger partial charge in [0.25, 0.3) is 0 Å². The summed E-state index contributed by atoms with van der Waals surface area (Å²) in [6.45, 7) is 5.70. The molecule has 0 amide bonds. The highest BCUT2D eigenvalue weighted by molar-refractivity contribution is 5.51. The van der Waals surface area contributed by atoms with Gasteiger partial charge in [0.2, 0.25) is 5.65 Å². The summed E-state index contributed by atoms with van der Waals surface area (Å²) in [6.07, 6.45) is 5.37. The van der Waals surface area contributed by atoms with Gasteiger partial charge in [0.1, 0.15) is 5.82 Å². The molecule has 1 aliphatic rings. The average molecular weight is 260 g/mol. The number of likely N-dealkylation sites (tertiary alicyclic amines) is 1. The third-order valence-corrected chi connectivity index (χ3v) is 4.01. The van der Waals surface area contributed by atoms with Gasteiger partial charge in [-0.3, -0.25) is 4.40 Å². The molecule has 19 heavy (non-hydrogen) atoms. The number of hydrogen-bond acceptors (Lipinski definition) is 4. The van der Waals surface area contributed by atoms with Crippen molar-refractivity contribution in [3.63, 3.8) is 0 Å². The Bertz CT molecular complexity index is 566. The SMILES string of the molecule is CCN1CCCC(Cc2nnc3c(O)cccn23)C1. The van der Waals surface area contributed by atoms with E-state index in [9.17, 15) is 5.11 Å². The van der Waals surface area contributed by atoms with E-state index in [2.05, 4.69) is 22.0 Å². The van der Waals surface area contributed by atoms with Crippen molar-refractivity contribution in [2.75, 3.05) is 19.6 Å². The maximum atomic E-state index is 9.74. The van der Waals surface area contributed by atoms with Crippen LogP contribution in [0.5, 0.6) is 5.75 Å². The second kappa shape index (κ2) is 5.17. The van der Waals surface area contributed by atoms with Crippen molar-refractivity contribution >= 4 is 5.65 Å². The van der Waals surface area contributed by atoms with E-state index in [4.69, 9.17) is 0 Å². The molecule has 0 aromatic carbocycles. The van der Waals surface area contributed by atoms with Crippen LogP contribution in [0.3, 0.4) is 0 Å². The van der Waals surface area contributed by atoms with Crippen molar-refractivity contribution in [3.05, 3.63) is 24.2 Å². The predicted molar refractivity (Wildman–Crippen MR) is 73.2 cm³/mol. The summed E-state index contributed by atoms with van der Waals surface area (Å²) in [5, 5.41) is 18.0. The number of pyridine rings is 1. The van der Waals surface area contributed by atoms with Crippen LogP contribution in [0.4, 0.5) is 0 Å². The van der Waals surface area contributed by atoms with E-state index in [-0.39, 0.29) is 5.75 Å².